The summed E-state index contributed by atoms with van der Waals surface area (Å²) in [6.07, 6.45) is 2.15. The molecule has 0 spiro atoms. The lowest BCUT2D eigenvalue weighted by Crippen LogP contribution is -2.49. The van der Waals surface area contributed by atoms with Gasteiger partial charge in [0.2, 0.25) is 10.0 Å². The average molecular weight is 442 g/mol. The highest BCUT2D eigenvalue weighted by molar-refractivity contribution is 7.89. The molecular formula is C23H24FN3O3S. The second-order valence-corrected chi connectivity index (χ2v) is 10.2. The average Bonchev–Trinajstić information content (AvgIpc) is 3.12. The van der Waals surface area contributed by atoms with Crippen molar-refractivity contribution >= 4 is 32.4 Å². The molecule has 1 aliphatic carbocycles. The lowest BCUT2D eigenvalue weighted by Gasteiger charge is -2.35. The van der Waals surface area contributed by atoms with Crippen molar-refractivity contribution in [1.29, 1.82) is 0 Å². The largest absolute Gasteiger partial charge is 0.367 e. The van der Waals surface area contributed by atoms with Crippen LogP contribution in [0.4, 0.5) is 10.1 Å². The van der Waals surface area contributed by atoms with Gasteiger partial charge in [-0.1, -0.05) is 12.1 Å². The predicted octanol–water partition coefficient (Wildman–Crippen LogP) is 3.65. The third-order valence-corrected chi connectivity index (χ3v) is 8.37. The van der Waals surface area contributed by atoms with Gasteiger partial charge in [-0.15, -0.1) is 0 Å². The minimum absolute atomic E-state index is 0.117. The third kappa shape index (κ3) is 3.34. The summed E-state index contributed by atoms with van der Waals surface area (Å²) in [5.41, 5.74) is 3.43. The maximum Gasteiger partial charge on any atom is 0.243 e. The van der Waals surface area contributed by atoms with Crippen LogP contribution in [0.15, 0.2) is 41.3 Å². The van der Waals surface area contributed by atoms with Gasteiger partial charge in [-0.05, 0) is 49.6 Å². The standard InChI is InChI=1S/C23H24FN3O3S/c1-15-13-16-19(25-18-6-4-8-21(28)23(16)18)14-22(15)31(29,30)27-11-9-26(10-12-27)20-7-3-2-5-17(20)24/h2-3,5,7,13-14,25H,4,6,8-12H2,1H3. The lowest BCUT2D eigenvalue weighted by atomic mass is 9.94. The summed E-state index contributed by atoms with van der Waals surface area (Å²) in [6, 6.07) is 10.0. The summed E-state index contributed by atoms with van der Waals surface area (Å²) in [5.74, 6) is -0.183. The van der Waals surface area contributed by atoms with Gasteiger partial charge in [0.05, 0.1) is 10.6 Å². The van der Waals surface area contributed by atoms with Crippen LogP contribution in [0.2, 0.25) is 0 Å². The Labute approximate surface area is 180 Å². The van der Waals surface area contributed by atoms with Crippen LogP contribution in [0.1, 0.15) is 34.5 Å². The number of aromatic amines is 1. The quantitative estimate of drug-likeness (QED) is 0.674. The van der Waals surface area contributed by atoms with Gasteiger partial charge in [0.25, 0.3) is 0 Å². The first-order chi connectivity index (χ1) is 14.9. The number of rotatable bonds is 3. The SMILES string of the molecule is Cc1cc2c3c([nH]c2cc1S(=O)(=O)N1CCN(c2ccccc2F)CC1)CCCC3=O. The van der Waals surface area contributed by atoms with E-state index in [4.69, 9.17) is 0 Å². The zero-order chi connectivity index (χ0) is 21.8. The summed E-state index contributed by atoms with van der Waals surface area (Å²) < 4.78 is 42.4. The van der Waals surface area contributed by atoms with Crippen LogP contribution in [-0.2, 0) is 16.4 Å². The fourth-order valence-corrected chi connectivity index (χ4v) is 6.39. The number of hydrogen-bond acceptors (Lipinski definition) is 4. The first-order valence-electron chi connectivity index (χ1n) is 10.5. The van der Waals surface area contributed by atoms with Crippen LogP contribution in [0.3, 0.4) is 0 Å². The number of aryl methyl sites for hydroxylation is 2. The van der Waals surface area contributed by atoms with Gasteiger partial charge in [0.1, 0.15) is 5.82 Å². The van der Waals surface area contributed by atoms with E-state index < -0.39 is 10.0 Å². The maximum absolute atomic E-state index is 14.1. The van der Waals surface area contributed by atoms with Crippen molar-refractivity contribution in [2.24, 2.45) is 0 Å². The molecule has 3 aromatic rings. The van der Waals surface area contributed by atoms with Crippen molar-refractivity contribution in [3.63, 3.8) is 0 Å². The van der Waals surface area contributed by atoms with Crippen molar-refractivity contribution in [3.8, 4) is 0 Å². The Morgan fingerprint density at radius 2 is 1.77 bits per heavy atom. The highest BCUT2D eigenvalue weighted by Crippen LogP contribution is 2.33. The maximum atomic E-state index is 14.1. The monoisotopic (exact) mass is 441 g/mol. The summed E-state index contributed by atoms with van der Waals surface area (Å²) in [7, 11) is -3.71. The molecule has 6 nitrogen and oxygen atoms in total. The number of hydrogen-bond donors (Lipinski definition) is 1. The molecule has 0 bridgehead atoms. The van der Waals surface area contributed by atoms with Crippen molar-refractivity contribution in [1.82, 2.24) is 9.29 Å². The van der Waals surface area contributed by atoms with E-state index in [1.807, 2.05) is 11.0 Å². The summed E-state index contributed by atoms with van der Waals surface area (Å²) in [5, 5.41) is 0.806. The Morgan fingerprint density at radius 3 is 2.52 bits per heavy atom. The number of carbonyl (C=O) groups excluding carboxylic acids is 1. The molecular weight excluding hydrogens is 417 g/mol. The number of halogens is 1. The number of benzene rings is 2. The molecule has 1 saturated heterocycles. The van der Waals surface area contributed by atoms with E-state index in [0.29, 0.717) is 41.8 Å². The van der Waals surface area contributed by atoms with Crippen LogP contribution in [0, 0.1) is 12.7 Å². The number of aromatic nitrogens is 1. The van der Waals surface area contributed by atoms with Crippen LogP contribution in [0.5, 0.6) is 0 Å². The third-order valence-electron chi connectivity index (χ3n) is 6.33. The Kier molecular flexibility index (Phi) is 4.86. The molecule has 1 aromatic heterocycles. The van der Waals surface area contributed by atoms with E-state index in [2.05, 4.69) is 4.98 Å². The smallest absolute Gasteiger partial charge is 0.243 e. The van der Waals surface area contributed by atoms with E-state index in [9.17, 15) is 17.6 Å². The van der Waals surface area contributed by atoms with Gasteiger partial charge in [-0.25, -0.2) is 12.8 Å². The Morgan fingerprint density at radius 1 is 1.03 bits per heavy atom. The number of piperazine rings is 1. The van der Waals surface area contributed by atoms with Crippen LogP contribution in [0.25, 0.3) is 10.9 Å². The number of sulfonamides is 1. The second-order valence-electron chi connectivity index (χ2n) is 8.26. The summed E-state index contributed by atoms with van der Waals surface area (Å²) >= 11 is 0. The molecule has 1 N–H and O–H groups in total. The first kappa shape index (κ1) is 20.2. The second kappa shape index (κ2) is 7.46. The molecule has 0 radical (unpaired) electrons. The number of anilines is 1. The van der Waals surface area contributed by atoms with Gasteiger partial charge in [0.15, 0.2) is 5.78 Å². The van der Waals surface area contributed by atoms with E-state index in [-0.39, 0.29) is 29.6 Å². The predicted molar refractivity (Wildman–Crippen MR) is 118 cm³/mol. The van der Waals surface area contributed by atoms with Gasteiger partial charge in [0, 0.05) is 54.8 Å². The molecule has 0 atom stereocenters. The normalized spacial score (nSPS) is 17.9. The number of para-hydroxylation sites is 1. The zero-order valence-corrected chi connectivity index (χ0v) is 18.1. The Bertz CT molecular complexity index is 1290. The highest BCUT2D eigenvalue weighted by atomic mass is 32.2. The summed E-state index contributed by atoms with van der Waals surface area (Å²) in [4.78, 5) is 17.8. The molecule has 31 heavy (non-hydrogen) atoms. The van der Waals surface area contributed by atoms with E-state index >= 15 is 0 Å². The zero-order valence-electron chi connectivity index (χ0n) is 17.3. The van der Waals surface area contributed by atoms with Crippen molar-refractivity contribution < 1.29 is 17.6 Å². The minimum atomic E-state index is -3.71. The lowest BCUT2D eigenvalue weighted by molar-refractivity contribution is 0.0974. The van der Waals surface area contributed by atoms with Gasteiger partial charge in [-0.2, -0.15) is 4.31 Å². The van der Waals surface area contributed by atoms with Crippen molar-refractivity contribution in [2.75, 3.05) is 31.1 Å². The number of Topliss-reactive ketones (excluding diaryl/α,β-unsaturated/α-hetero) is 1. The Hall–Kier alpha value is -2.71. The molecule has 5 rings (SSSR count). The molecule has 2 aromatic carbocycles. The van der Waals surface area contributed by atoms with Gasteiger partial charge in [-0.3, -0.25) is 4.79 Å². The number of fused-ring (bicyclic) bond motifs is 3. The molecule has 0 amide bonds. The number of H-pyrrole nitrogens is 1. The van der Waals surface area contributed by atoms with Gasteiger partial charge < -0.3 is 9.88 Å². The van der Waals surface area contributed by atoms with Crippen LogP contribution >= 0.6 is 0 Å². The number of ketones is 1. The van der Waals surface area contributed by atoms with Gasteiger partial charge >= 0.3 is 0 Å². The molecule has 8 heteroatoms. The fraction of sp³-hybridized carbons (Fsp3) is 0.348. The molecule has 162 valence electrons. The number of nitrogens with one attached hydrogen (secondary N) is 1. The van der Waals surface area contributed by atoms with E-state index in [0.717, 1.165) is 23.9 Å². The number of nitrogens with zero attached hydrogens (tertiary/aromatic N) is 2. The molecule has 0 unspecified atom stereocenters. The molecule has 2 aliphatic rings. The van der Waals surface area contributed by atoms with Crippen molar-refractivity contribution in [2.45, 2.75) is 31.1 Å². The molecule has 1 fully saturated rings. The molecule has 1 aliphatic heterocycles. The van der Waals surface area contributed by atoms with E-state index in [1.165, 1.54) is 10.4 Å². The highest BCUT2D eigenvalue weighted by Gasteiger charge is 2.31. The van der Waals surface area contributed by atoms with E-state index in [1.54, 1.807) is 31.2 Å². The minimum Gasteiger partial charge on any atom is -0.367 e. The van der Waals surface area contributed by atoms with Crippen LogP contribution < -0.4 is 4.90 Å². The molecule has 2 heterocycles. The molecule has 0 saturated carbocycles. The van der Waals surface area contributed by atoms with Crippen LogP contribution in [-0.4, -0.2) is 49.7 Å². The fourth-order valence-electron chi connectivity index (χ4n) is 4.74. The topological polar surface area (TPSA) is 73.5 Å². The Balaban J connectivity index is 1.44. The summed E-state index contributed by atoms with van der Waals surface area (Å²) in [6.45, 7) is 3.19. The first-order valence-corrected chi connectivity index (χ1v) is 12.0. The number of carbonyl (C=O) groups is 1. The van der Waals surface area contributed by atoms with Crippen molar-refractivity contribution in [3.05, 3.63) is 59.0 Å².